The summed E-state index contributed by atoms with van der Waals surface area (Å²) in [4.78, 5) is 16.7. The summed E-state index contributed by atoms with van der Waals surface area (Å²) in [6, 6.07) is 19.5. The summed E-state index contributed by atoms with van der Waals surface area (Å²) in [6.07, 6.45) is 1.50. The summed E-state index contributed by atoms with van der Waals surface area (Å²) in [7, 11) is 0. The van der Waals surface area contributed by atoms with Gasteiger partial charge in [-0.25, -0.2) is 9.07 Å². The van der Waals surface area contributed by atoms with Crippen LogP contribution < -0.4 is 0 Å². The highest BCUT2D eigenvalue weighted by Crippen LogP contribution is 2.29. The van der Waals surface area contributed by atoms with Crippen LogP contribution in [0.1, 0.15) is 33.5 Å². The minimum absolute atomic E-state index is 0. The number of benzene rings is 2. The minimum atomic E-state index is -0.296. The number of carbonyl (C=O) groups is 1. The number of piperazine rings is 1. The molecule has 2 aromatic heterocycles. The predicted octanol–water partition coefficient (Wildman–Crippen LogP) is 3.42. The van der Waals surface area contributed by atoms with Gasteiger partial charge in [-0.1, -0.05) is 42.5 Å². The van der Waals surface area contributed by atoms with E-state index >= 15 is 0 Å². The molecule has 3 heterocycles. The topological polar surface area (TPSA) is 80.3 Å². The number of aromatic nitrogens is 4. The van der Waals surface area contributed by atoms with E-state index in [0.29, 0.717) is 44.3 Å². The molecule has 0 spiro atoms. The molecule has 1 aliphatic rings. The molecular weight excluding hydrogens is 459 g/mol. The second-order valence-corrected chi connectivity index (χ2v) is 7.94. The van der Waals surface area contributed by atoms with Crippen LogP contribution >= 0.6 is 12.4 Å². The van der Waals surface area contributed by atoms with Crippen molar-refractivity contribution in [2.24, 2.45) is 0 Å². The van der Waals surface area contributed by atoms with Crippen LogP contribution in [0.4, 0.5) is 4.39 Å². The van der Waals surface area contributed by atoms with E-state index in [1.807, 2.05) is 30.3 Å². The van der Waals surface area contributed by atoms with Gasteiger partial charge in [0.15, 0.2) is 11.6 Å². The van der Waals surface area contributed by atoms with E-state index in [1.54, 1.807) is 33.8 Å². The molecule has 4 aromatic rings. The van der Waals surface area contributed by atoms with Crippen LogP contribution in [0.25, 0.3) is 0 Å². The van der Waals surface area contributed by atoms with Crippen LogP contribution in [0.3, 0.4) is 0 Å². The first-order chi connectivity index (χ1) is 16.2. The Balaban J connectivity index is 0.00000274. The quantitative estimate of drug-likeness (QED) is 0.419. The summed E-state index contributed by atoms with van der Waals surface area (Å²) in [5.74, 6) is 0.601. The molecule has 1 fully saturated rings. The smallest absolute Gasteiger partial charge is 0.289 e. The molecule has 5 rings (SSSR count). The van der Waals surface area contributed by atoms with Gasteiger partial charge in [0, 0.05) is 26.2 Å². The van der Waals surface area contributed by atoms with Crippen molar-refractivity contribution in [3.63, 3.8) is 0 Å². The third-order valence-corrected chi connectivity index (χ3v) is 5.86. The highest BCUT2D eigenvalue weighted by Gasteiger charge is 2.32. The average Bonchev–Trinajstić information content (AvgIpc) is 3.54. The molecule has 1 atom stereocenters. The Kier molecular flexibility index (Phi) is 7.34. The Labute approximate surface area is 202 Å². The number of furan rings is 1. The molecule has 1 aliphatic heterocycles. The van der Waals surface area contributed by atoms with E-state index in [-0.39, 0.29) is 30.2 Å². The number of hydrogen-bond acceptors (Lipinski definition) is 6. The van der Waals surface area contributed by atoms with Crippen molar-refractivity contribution >= 4 is 18.3 Å². The Hall–Kier alpha value is -3.56. The van der Waals surface area contributed by atoms with Crippen molar-refractivity contribution in [3.8, 4) is 0 Å². The van der Waals surface area contributed by atoms with E-state index < -0.39 is 0 Å². The Morgan fingerprint density at radius 3 is 2.38 bits per heavy atom. The Bertz CT molecular complexity index is 1190. The number of amides is 1. The molecule has 10 heteroatoms. The normalized spacial score (nSPS) is 15.0. The molecule has 176 valence electrons. The summed E-state index contributed by atoms with van der Waals surface area (Å²) < 4.78 is 20.7. The highest BCUT2D eigenvalue weighted by molar-refractivity contribution is 5.91. The summed E-state index contributed by atoms with van der Waals surface area (Å²) in [6.45, 7) is 2.84. The number of tetrazole rings is 1. The lowest BCUT2D eigenvalue weighted by Gasteiger charge is -2.38. The number of hydrogen-bond donors (Lipinski definition) is 0. The van der Waals surface area contributed by atoms with Gasteiger partial charge >= 0.3 is 0 Å². The zero-order valence-corrected chi connectivity index (χ0v) is 19.1. The lowest BCUT2D eigenvalue weighted by molar-refractivity contribution is 0.0559. The fourth-order valence-corrected chi connectivity index (χ4v) is 4.18. The number of rotatable bonds is 6. The highest BCUT2D eigenvalue weighted by atomic mass is 35.5. The van der Waals surface area contributed by atoms with Crippen LogP contribution in [0.5, 0.6) is 0 Å². The molecular formula is C24H24ClFN6O2. The third kappa shape index (κ3) is 5.00. The number of carbonyl (C=O) groups excluding carboxylic acids is 1. The summed E-state index contributed by atoms with van der Waals surface area (Å²) in [5.41, 5.74) is 1.98. The number of halogens is 2. The first-order valence-electron chi connectivity index (χ1n) is 10.8. The van der Waals surface area contributed by atoms with Gasteiger partial charge in [-0.3, -0.25) is 9.69 Å². The summed E-state index contributed by atoms with van der Waals surface area (Å²) >= 11 is 0. The average molecular weight is 483 g/mol. The van der Waals surface area contributed by atoms with Gasteiger partial charge < -0.3 is 9.32 Å². The van der Waals surface area contributed by atoms with Gasteiger partial charge in [-0.05, 0) is 45.8 Å². The summed E-state index contributed by atoms with van der Waals surface area (Å²) in [5, 5.41) is 12.5. The second kappa shape index (κ2) is 10.6. The fraction of sp³-hybridized carbons (Fsp3) is 0.250. The van der Waals surface area contributed by atoms with E-state index in [0.717, 1.165) is 11.1 Å². The molecule has 1 unspecified atom stereocenters. The Morgan fingerprint density at radius 2 is 1.71 bits per heavy atom. The molecule has 34 heavy (non-hydrogen) atoms. The van der Waals surface area contributed by atoms with E-state index in [4.69, 9.17) is 4.42 Å². The van der Waals surface area contributed by atoms with Crippen LogP contribution in [0.2, 0.25) is 0 Å². The van der Waals surface area contributed by atoms with Gasteiger partial charge in [0.1, 0.15) is 5.82 Å². The maximum Gasteiger partial charge on any atom is 0.289 e. The molecule has 0 radical (unpaired) electrons. The second-order valence-electron chi connectivity index (χ2n) is 7.94. The van der Waals surface area contributed by atoms with Gasteiger partial charge in [0.05, 0.1) is 18.8 Å². The number of nitrogens with zero attached hydrogens (tertiary/aromatic N) is 6. The Morgan fingerprint density at radius 1 is 0.971 bits per heavy atom. The van der Waals surface area contributed by atoms with Crippen LogP contribution in [0, 0.1) is 5.82 Å². The van der Waals surface area contributed by atoms with Crippen molar-refractivity contribution in [3.05, 3.63) is 102 Å². The zero-order valence-electron chi connectivity index (χ0n) is 18.3. The first kappa shape index (κ1) is 23.6. The molecule has 1 amide bonds. The molecule has 0 saturated carbocycles. The van der Waals surface area contributed by atoms with Crippen LogP contribution in [0.15, 0.2) is 77.4 Å². The van der Waals surface area contributed by atoms with E-state index in [2.05, 4.69) is 20.4 Å². The maximum atomic E-state index is 13.7. The largest absolute Gasteiger partial charge is 0.459 e. The lowest BCUT2D eigenvalue weighted by Crippen LogP contribution is -2.50. The fourth-order valence-electron chi connectivity index (χ4n) is 4.18. The molecule has 8 nitrogen and oxygen atoms in total. The van der Waals surface area contributed by atoms with Gasteiger partial charge in [0.2, 0.25) is 0 Å². The van der Waals surface area contributed by atoms with Crippen molar-refractivity contribution in [2.75, 3.05) is 26.2 Å². The van der Waals surface area contributed by atoms with Crippen molar-refractivity contribution in [2.45, 2.75) is 12.6 Å². The molecule has 0 bridgehead atoms. The van der Waals surface area contributed by atoms with Gasteiger partial charge in [0.25, 0.3) is 5.91 Å². The zero-order chi connectivity index (χ0) is 22.6. The van der Waals surface area contributed by atoms with Gasteiger partial charge in [-0.2, -0.15) is 0 Å². The van der Waals surface area contributed by atoms with Crippen LogP contribution in [-0.2, 0) is 6.54 Å². The monoisotopic (exact) mass is 482 g/mol. The van der Waals surface area contributed by atoms with Crippen molar-refractivity contribution in [1.29, 1.82) is 0 Å². The standard InChI is InChI=1S/C24H23FN6O2.ClH/c25-20-10-8-19(9-11-20)22(23-26-27-28-31(23)17-18-5-2-1-3-6-18)29-12-14-30(15-13-29)24(32)21-7-4-16-33-21;/h1-11,16,22H,12-15,17H2;1H. The third-order valence-electron chi connectivity index (χ3n) is 5.86. The molecule has 0 aliphatic carbocycles. The van der Waals surface area contributed by atoms with Crippen molar-refractivity contribution in [1.82, 2.24) is 30.0 Å². The van der Waals surface area contributed by atoms with Gasteiger partial charge in [-0.15, -0.1) is 17.5 Å². The molecule has 1 saturated heterocycles. The predicted molar refractivity (Wildman–Crippen MR) is 125 cm³/mol. The molecule has 2 aromatic carbocycles. The maximum absolute atomic E-state index is 13.7. The SMILES string of the molecule is Cl.O=C(c1ccco1)N1CCN(C(c2ccc(F)cc2)c2nnnn2Cc2ccccc2)CC1. The minimum Gasteiger partial charge on any atom is -0.459 e. The van der Waals surface area contributed by atoms with E-state index in [1.165, 1.54) is 18.4 Å². The first-order valence-corrected chi connectivity index (χ1v) is 10.8. The van der Waals surface area contributed by atoms with E-state index in [9.17, 15) is 9.18 Å². The molecule has 0 N–H and O–H groups in total. The lowest BCUT2D eigenvalue weighted by atomic mass is 10.0. The van der Waals surface area contributed by atoms with Crippen molar-refractivity contribution < 1.29 is 13.6 Å². The van der Waals surface area contributed by atoms with Crippen LogP contribution in [-0.4, -0.2) is 62.1 Å².